The van der Waals surface area contributed by atoms with E-state index in [0.29, 0.717) is 22.2 Å². The van der Waals surface area contributed by atoms with Crippen molar-refractivity contribution in [3.8, 4) is 5.75 Å². The standard InChI is InChI=1S/C18H18ClN3O3/c1-11-17(12(2)22(3)21-11)20-18(23)16-8-7-15(25-16)10-24-14-6-4-5-13(19)9-14/h4-9H,10H2,1-3H3,(H,20,23). The highest BCUT2D eigenvalue weighted by molar-refractivity contribution is 6.30. The molecule has 0 fully saturated rings. The van der Waals surface area contributed by atoms with Crippen LogP contribution in [-0.2, 0) is 13.7 Å². The zero-order valence-electron chi connectivity index (χ0n) is 14.2. The molecule has 130 valence electrons. The summed E-state index contributed by atoms with van der Waals surface area (Å²) >= 11 is 5.91. The Morgan fingerprint density at radius 3 is 2.80 bits per heavy atom. The first kappa shape index (κ1) is 17.1. The SMILES string of the molecule is Cc1nn(C)c(C)c1NC(=O)c1ccc(COc2cccc(Cl)c2)o1. The summed E-state index contributed by atoms with van der Waals surface area (Å²) in [4.78, 5) is 12.4. The number of carbonyl (C=O) groups is 1. The number of benzene rings is 1. The van der Waals surface area contributed by atoms with Gasteiger partial charge in [0.05, 0.1) is 17.1 Å². The third kappa shape index (κ3) is 3.85. The van der Waals surface area contributed by atoms with Gasteiger partial charge in [0, 0.05) is 12.1 Å². The predicted octanol–water partition coefficient (Wildman–Crippen LogP) is 4.11. The molecule has 1 aromatic carbocycles. The molecule has 2 heterocycles. The summed E-state index contributed by atoms with van der Waals surface area (Å²) in [6.07, 6.45) is 0. The Kier molecular flexibility index (Phi) is 4.81. The molecule has 3 rings (SSSR count). The molecular formula is C18H18ClN3O3. The Morgan fingerprint density at radius 2 is 2.12 bits per heavy atom. The van der Waals surface area contributed by atoms with Crippen LogP contribution in [-0.4, -0.2) is 15.7 Å². The van der Waals surface area contributed by atoms with Crippen LogP contribution in [0.1, 0.15) is 27.7 Å². The third-order valence-electron chi connectivity index (χ3n) is 3.81. The number of rotatable bonds is 5. The largest absolute Gasteiger partial charge is 0.486 e. The lowest BCUT2D eigenvalue weighted by atomic mass is 10.3. The number of nitrogens with one attached hydrogen (secondary N) is 1. The summed E-state index contributed by atoms with van der Waals surface area (Å²) in [5, 5.41) is 7.71. The van der Waals surface area contributed by atoms with E-state index in [1.54, 1.807) is 41.1 Å². The molecule has 0 saturated heterocycles. The first-order valence-electron chi connectivity index (χ1n) is 7.72. The number of halogens is 1. The number of hydrogen-bond acceptors (Lipinski definition) is 4. The van der Waals surface area contributed by atoms with Crippen molar-refractivity contribution in [3.63, 3.8) is 0 Å². The summed E-state index contributed by atoms with van der Waals surface area (Å²) in [5.74, 6) is 1.07. The molecule has 0 radical (unpaired) electrons. The second-order valence-corrected chi connectivity index (χ2v) is 6.07. The fraction of sp³-hybridized carbons (Fsp3) is 0.222. The van der Waals surface area contributed by atoms with Crippen LogP contribution in [0.2, 0.25) is 5.02 Å². The number of aromatic nitrogens is 2. The molecule has 1 N–H and O–H groups in total. The maximum absolute atomic E-state index is 12.4. The van der Waals surface area contributed by atoms with Crippen molar-refractivity contribution in [1.82, 2.24) is 9.78 Å². The van der Waals surface area contributed by atoms with Crippen LogP contribution in [0.25, 0.3) is 0 Å². The summed E-state index contributed by atoms with van der Waals surface area (Å²) in [6.45, 7) is 3.94. The number of amides is 1. The van der Waals surface area contributed by atoms with Crippen molar-refractivity contribution in [2.75, 3.05) is 5.32 Å². The van der Waals surface area contributed by atoms with E-state index < -0.39 is 0 Å². The second kappa shape index (κ2) is 7.03. The first-order chi connectivity index (χ1) is 11.9. The van der Waals surface area contributed by atoms with Crippen LogP contribution in [0, 0.1) is 13.8 Å². The second-order valence-electron chi connectivity index (χ2n) is 5.64. The Labute approximate surface area is 150 Å². The van der Waals surface area contributed by atoms with Gasteiger partial charge in [0.1, 0.15) is 18.1 Å². The normalized spacial score (nSPS) is 10.7. The van der Waals surface area contributed by atoms with E-state index in [1.807, 2.05) is 20.9 Å². The summed E-state index contributed by atoms with van der Waals surface area (Å²) in [5.41, 5.74) is 2.33. The van der Waals surface area contributed by atoms with Crippen molar-refractivity contribution in [2.45, 2.75) is 20.5 Å². The van der Waals surface area contributed by atoms with E-state index in [1.165, 1.54) is 0 Å². The molecule has 0 aliphatic rings. The van der Waals surface area contributed by atoms with Crippen LogP contribution in [0.15, 0.2) is 40.8 Å². The quantitative estimate of drug-likeness (QED) is 0.744. The van der Waals surface area contributed by atoms with Gasteiger partial charge in [-0.3, -0.25) is 9.48 Å². The zero-order chi connectivity index (χ0) is 18.0. The Morgan fingerprint density at radius 1 is 1.32 bits per heavy atom. The molecule has 7 heteroatoms. The molecule has 0 unspecified atom stereocenters. The van der Waals surface area contributed by atoms with Gasteiger partial charge in [0.25, 0.3) is 5.91 Å². The van der Waals surface area contributed by atoms with E-state index in [2.05, 4.69) is 10.4 Å². The van der Waals surface area contributed by atoms with Crippen LogP contribution < -0.4 is 10.1 Å². The van der Waals surface area contributed by atoms with E-state index in [-0.39, 0.29) is 18.3 Å². The van der Waals surface area contributed by atoms with Gasteiger partial charge in [-0.1, -0.05) is 17.7 Å². The minimum atomic E-state index is -0.326. The number of aryl methyl sites for hydroxylation is 2. The number of furan rings is 1. The number of anilines is 1. The highest BCUT2D eigenvalue weighted by Gasteiger charge is 2.16. The zero-order valence-corrected chi connectivity index (χ0v) is 14.9. The first-order valence-corrected chi connectivity index (χ1v) is 8.10. The average molecular weight is 360 g/mol. The molecular weight excluding hydrogens is 342 g/mol. The highest BCUT2D eigenvalue weighted by Crippen LogP contribution is 2.21. The molecule has 2 aromatic heterocycles. The van der Waals surface area contributed by atoms with Gasteiger partial charge in [-0.25, -0.2) is 0 Å². The Hall–Kier alpha value is -2.73. The monoisotopic (exact) mass is 359 g/mol. The fourth-order valence-corrected chi connectivity index (χ4v) is 2.60. The Bertz CT molecular complexity index is 914. The summed E-state index contributed by atoms with van der Waals surface area (Å²) in [7, 11) is 1.83. The smallest absolute Gasteiger partial charge is 0.291 e. The summed E-state index contributed by atoms with van der Waals surface area (Å²) in [6, 6.07) is 10.4. The van der Waals surface area contributed by atoms with Crippen molar-refractivity contribution < 1.29 is 13.9 Å². The van der Waals surface area contributed by atoms with Gasteiger partial charge >= 0.3 is 0 Å². The van der Waals surface area contributed by atoms with Gasteiger partial charge < -0.3 is 14.5 Å². The molecule has 0 spiro atoms. The molecule has 0 saturated carbocycles. The van der Waals surface area contributed by atoms with Gasteiger partial charge in [-0.05, 0) is 44.2 Å². The number of hydrogen-bond donors (Lipinski definition) is 1. The minimum absolute atomic E-state index is 0.207. The predicted molar refractivity (Wildman–Crippen MR) is 95.1 cm³/mol. The van der Waals surface area contributed by atoms with E-state index in [9.17, 15) is 4.79 Å². The van der Waals surface area contributed by atoms with Crippen LogP contribution in [0.4, 0.5) is 5.69 Å². The summed E-state index contributed by atoms with van der Waals surface area (Å²) < 4.78 is 12.9. The Balaban J connectivity index is 1.65. The highest BCUT2D eigenvalue weighted by atomic mass is 35.5. The lowest BCUT2D eigenvalue weighted by Crippen LogP contribution is -2.12. The van der Waals surface area contributed by atoms with Gasteiger partial charge in [-0.15, -0.1) is 0 Å². The average Bonchev–Trinajstić information content (AvgIpc) is 3.14. The van der Waals surface area contributed by atoms with Crippen LogP contribution >= 0.6 is 11.6 Å². The molecule has 0 aliphatic carbocycles. The minimum Gasteiger partial charge on any atom is -0.486 e. The van der Waals surface area contributed by atoms with E-state index in [0.717, 1.165) is 11.4 Å². The molecule has 6 nitrogen and oxygen atoms in total. The van der Waals surface area contributed by atoms with Crippen molar-refractivity contribution in [2.24, 2.45) is 7.05 Å². The van der Waals surface area contributed by atoms with Crippen molar-refractivity contribution in [3.05, 3.63) is 64.3 Å². The fourth-order valence-electron chi connectivity index (χ4n) is 2.42. The lowest BCUT2D eigenvalue weighted by Gasteiger charge is -2.05. The number of carbonyl (C=O) groups excluding carboxylic acids is 1. The topological polar surface area (TPSA) is 69.3 Å². The van der Waals surface area contributed by atoms with Crippen LogP contribution in [0.5, 0.6) is 5.75 Å². The molecule has 1 amide bonds. The number of ether oxygens (including phenoxy) is 1. The van der Waals surface area contributed by atoms with Crippen molar-refractivity contribution >= 4 is 23.2 Å². The molecule has 0 bridgehead atoms. The molecule has 0 atom stereocenters. The van der Waals surface area contributed by atoms with E-state index in [4.69, 9.17) is 20.8 Å². The van der Waals surface area contributed by atoms with Gasteiger partial charge in [0.15, 0.2) is 5.76 Å². The van der Waals surface area contributed by atoms with Gasteiger partial charge in [0.2, 0.25) is 0 Å². The molecule has 0 aliphatic heterocycles. The van der Waals surface area contributed by atoms with Gasteiger partial charge in [-0.2, -0.15) is 5.10 Å². The van der Waals surface area contributed by atoms with Crippen LogP contribution in [0.3, 0.4) is 0 Å². The maximum atomic E-state index is 12.4. The number of nitrogens with zero attached hydrogens (tertiary/aromatic N) is 2. The molecule has 25 heavy (non-hydrogen) atoms. The van der Waals surface area contributed by atoms with Crippen molar-refractivity contribution in [1.29, 1.82) is 0 Å². The lowest BCUT2D eigenvalue weighted by molar-refractivity contribution is 0.0992. The molecule has 3 aromatic rings. The third-order valence-corrected chi connectivity index (χ3v) is 4.05. The maximum Gasteiger partial charge on any atom is 0.291 e. The van der Waals surface area contributed by atoms with E-state index >= 15 is 0 Å².